The molecule has 0 saturated carbocycles. The zero-order valence-corrected chi connectivity index (χ0v) is 22.8. The van der Waals surface area contributed by atoms with Crippen LogP contribution in [-0.4, -0.2) is 45.9 Å². The summed E-state index contributed by atoms with van der Waals surface area (Å²) in [5.41, 5.74) is 3.84. The number of hydrogen-bond acceptors (Lipinski definition) is 5. The van der Waals surface area contributed by atoms with Gasteiger partial charge in [0.25, 0.3) is 5.91 Å². The van der Waals surface area contributed by atoms with Gasteiger partial charge in [0.05, 0.1) is 19.3 Å². The van der Waals surface area contributed by atoms with Gasteiger partial charge in [0.1, 0.15) is 17.1 Å². The van der Waals surface area contributed by atoms with E-state index in [1.165, 1.54) is 0 Å². The molecule has 1 amide bonds. The average Bonchev–Trinajstić information content (AvgIpc) is 3.42. The van der Waals surface area contributed by atoms with Crippen molar-refractivity contribution in [3.05, 3.63) is 57.7 Å². The highest BCUT2D eigenvalue weighted by Crippen LogP contribution is 2.46. The molecule has 1 atom stereocenters. The molecule has 198 valence electrons. The van der Waals surface area contributed by atoms with Crippen molar-refractivity contribution >= 4 is 17.5 Å². The van der Waals surface area contributed by atoms with E-state index in [-0.39, 0.29) is 11.7 Å². The van der Waals surface area contributed by atoms with Crippen LogP contribution in [0, 0.1) is 6.92 Å². The van der Waals surface area contributed by atoms with Crippen LogP contribution >= 0.6 is 11.6 Å². The lowest BCUT2D eigenvalue weighted by Gasteiger charge is -2.27. The minimum absolute atomic E-state index is 0.0697. The standard InChI is InChI=1S/C29H36ClN3O4/c1-5-8-10-14-37-23-12-11-19(16-24(23)36-7-3)28-25-26(20-17-21(30)18(4)15-22(20)34)31-32-27(25)29(35)33(28)13-9-6-2/h11-12,15-17,28,34H,5-10,13-14H2,1-4H3,(H,31,32). The number of halogens is 1. The number of rotatable bonds is 12. The minimum Gasteiger partial charge on any atom is -0.507 e. The molecule has 0 spiro atoms. The van der Waals surface area contributed by atoms with E-state index in [9.17, 15) is 9.90 Å². The van der Waals surface area contributed by atoms with Crippen LogP contribution in [0.25, 0.3) is 11.3 Å². The maximum absolute atomic E-state index is 13.5. The highest BCUT2D eigenvalue weighted by atomic mass is 35.5. The summed E-state index contributed by atoms with van der Waals surface area (Å²) in [6.45, 7) is 9.76. The van der Waals surface area contributed by atoms with Gasteiger partial charge in [-0.25, -0.2) is 0 Å². The zero-order chi connectivity index (χ0) is 26.5. The molecular weight excluding hydrogens is 490 g/mol. The molecule has 4 rings (SSSR count). The van der Waals surface area contributed by atoms with Crippen molar-refractivity contribution in [3.8, 4) is 28.5 Å². The maximum atomic E-state index is 13.5. The van der Waals surface area contributed by atoms with Gasteiger partial charge in [-0.3, -0.25) is 9.89 Å². The quantitative estimate of drug-likeness (QED) is 0.247. The zero-order valence-electron chi connectivity index (χ0n) is 22.1. The van der Waals surface area contributed by atoms with Gasteiger partial charge in [-0.2, -0.15) is 5.10 Å². The van der Waals surface area contributed by atoms with Gasteiger partial charge >= 0.3 is 0 Å². The van der Waals surface area contributed by atoms with E-state index in [0.29, 0.717) is 53.2 Å². The fourth-order valence-corrected chi connectivity index (χ4v) is 4.94. The predicted octanol–water partition coefficient (Wildman–Crippen LogP) is 7.06. The summed E-state index contributed by atoms with van der Waals surface area (Å²) in [6.07, 6.45) is 5.05. The van der Waals surface area contributed by atoms with Crippen molar-refractivity contribution in [1.29, 1.82) is 0 Å². The third-order valence-electron chi connectivity index (χ3n) is 6.74. The van der Waals surface area contributed by atoms with Crippen molar-refractivity contribution in [1.82, 2.24) is 15.1 Å². The van der Waals surface area contributed by atoms with E-state index in [2.05, 4.69) is 24.0 Å². The fraction of sp³-hybridized carbons (Fsp3) is 0.448. The molecule has 0 aliphatic carbocycles. The molecule has 0 fully saturated rings. The Balaban J connectivity index is 1.80. The number of aromatic hydroxyl groups is 1. The number of aromatic nitrogens is 2. The van der Waals surface area contributed by atoms with Gasteiger partial charge in [-0.05, 0) is 62.1 Å². The SMILES string of the molecule is CCCCCOc1ccc(C2c3c(-c4cc(Cl)c(C)cc4O)n[nH]c3C(=O)N2CCCC)cc1OCC. The normalized spacial score (nSPS) is 14.8. The number of benzene rings is 2. The van der Waals surface area contributed by atoms with Crippen LogP contribution in [0.3, 0.4) is 0 Å². The van der Waals surface area contributed by atoms with Gasteiger partial charge in [-0.15, -0.1) is 0 Å². The Kier molecular flexibility index (Phi) is 8.64. The van der Waals surface area contributed by atoms with Crippen molar-refractivity contribution in [2.24, 2.45) is 0 Å². The molecule has 2 aromatic carbocycles. The molecule has 2 heterocycles. The Bertz CT molecular complexity index is 1260. The number of phenolic OH excluding ortho intramolecular Hbond substituents is 1. The summed E-state index contributed by atoms with van der Waals surface area (Å²) in [7, 11) is 0. The van der Waals surface area contributed by atoms with E-state index in [1.54, 1.807) is 12.1 Å². The van der Waals surface area contributed by atoms with Crippen LogP contribution in [0.15, 0.2) is 30.3 Å². The number of ether oxygens (including phenoxy) is 2. The van der Waals surface area contributed by atoms with Crippen LogP contribution in [0.5, 0.6) is 17.2 Å². The largest absolute Gasteiger partial charge is 0.507 e. The van der Waals surface area contributed by atoms with Gasteiger partial charge < -0.3 is 19.5 Å². The molecule has 3 aromatic rings. The van der Waals surface area contributed by atoms with Crippen LogP contribution in [0.1, 0.15) is 86.1 Å². The molecule has 1 aliphatic rings. The third-order valence-corrected chi connectivity index (χ3v) is 7.14. The second-order valence-electron chi connectivity index (χ2n) is 9.43. The van der Waals surface area contributed by atoms with Gasteiger partial charge in [-0.1, -0.05) is 50.8 Å². The first-order valence-corrected chi connectivity index (χ1v) is 13.6. The number of unbranched alkanes of at least 4 members (excludes halogenated alkanes) is 3. The Morgan fingerprint density at radius 3 is 2.57 bits per heavy atom. The van der Waals surface area contributed by atoms with Crippen molar-refractivity contribution in [2.45, 2.75) is 65.8 Å². The molecule has 7 nitrogen and oxygen atoms in total. The number of fused-ring (bicyclic) bond motifs is 1. The van der Waals surface area contributed by atoms with Crippen LogP contribution in [0.4, 0.5) is 0 Å². The van der Waals surface area contributed by atoms with E-state index < -0.39 is 6.04 Å². The molecule has 1 aliphatic heterocycles. The topological polar surface area (TPSA) is 87.7 Å². The number of phenols is 1. The number of carbonyl (C=O) groups is 1. The smallest absolute Gasteiger partial charge is 0.273 e. The van der Waals surface area contributed by atoms with Crippen LogP contribution in [-0.2, 0) is 0 Å². The number of aromatic amines is 1. The third kappa shape index (κ3) is 5.42. The molecule has 1 aromatic heterocycles. The number of nitrogens with one attached hydrogen (secondary N) is 1. The monoisotopic (exact) mass is 525 g/mol. The van der Waals surface area contributed by atoms with Crippen molar-refractivity contribution in [3.63, 3.8) is 0 Å². The first-order valence-electron chi connectivity index (χ1n) is 13.2. The number of amides is 1. The molecular formula is C29H36ClN3O4. The van der Waals surface area contributed by atoms with E-state index >= 15 is 0 Å². The highest BCUT2D eigenvalue weighted by Gasteiger charge is 2.42. The molecule has 37 heavy (non-hydrogen) atoms. The molecule has 0 saturated heterocycles. The summed E-state index contributed by atoms with van der Waals surface area (Å²) >= 11 is 6.41. The Labute approximate surface area is 223 Å². The lowest BCUT2D eigenvalue weighted by Crippen LogP contribution is -2.30. The highest BCUT2D eigenvalue weighted by molar-refractivity contribution is 6.31. The second kappa shape index (κ2) is 11.9. The van der Waals surface area contributed by atoms with Crippen LogP contribution < -0.4 is 9.47 Å². The van der Waals surface area contributed by atoms with Crippen LogP contribution in [0.2, 0.25) is 5.02 Å². The lowest BCUT2D eigenvalue weighted by molar-refractivity contribution is 0.0741. The van der Waals surface area contributed by atoms with E-state index in [1.807, 2.05) is 36.9 Å². The summed E-state index contributed by atoms with van der Waals surface area (Å²) in [4.78, 5) is 15.4. The minimum atomic E-state index is -0.393. The first-order chi connectivity index (χ1) is 17.9. The number of hydrogen-bond donors (Lipinski definition) is 2. The number of H-pyrrole nitrogens is 1. The maximum Gasteiger partial charge on any atom is 0.273 e. The first kappa shape index (κ1) is 26.9. The summed E-state index contributed by atoms with van der Waals surface area (Å²) < 4.78 is 12.0. The summed E-state index contributed by atoms with van der Waals surface area (Å²) in [5, 5.41) is 18.7. The Morgan fingerprint density at radius 1 is 1.05 bits per heavy atom. The van der Waals surface area contributed by atoms with Gasteiger partial charge in [0.15, 0.2) is 11.5 Å². The number of aryl methyl sites for hydroxylation is 1. The molecule has 1 unspecified atom stereocenters. The Hall–Kier alpha value is -3.19. The van der Waals surface area contributed by atoms with Crippen molar-refractivity contribution in [2.75, 3.05) is 19.8 Å². The molecule has 0 bridgehead atoms. The predicted molar refractivity (Wildman–Crippen MR) is 146 cm³/mol. The average molecular weight is 526 g/mol. The van der Waals surface area contributed by atoms with Crippen molar-refractivity contribution < 1.29 is 19.4 Å². The van der Waals surface area contributed by atoms with Gasteiger partial charge in [0.2, 0.25) is 0 Å². The summed E-state index contributed by atoms with van der Waals surface area (Å²) in [5.74, 6) is 1.31. The number of nitrogens with zero attached hydrogens (tertiary/aromatic N) is 2. The lowest BCUT2D eigenvalue weighted by atomic mass is 9.95. The second-order valence-corrected chi connectivity index (χ2v) is 9.84. The Morgan fingerprint density at radius 2 is 1.84 bits per heavy atom. The van der Waals surface area contributed by atoms with E-state index in [4.69, 9.17) is 21.1 Å². The van der Waals surface area contributed by atoms with Gasteiger partial charge in [0, 0.05) is 22.7 Å². The molecule has 2 N–H and O–H groups in total. The van der Waals surface area contributed by atoms with E-state index in [0.717, 1.165) is 48.8 Å². The number of carbonyl (C=O) groups excluding carboxylic acids is 1. The summed E-state index contributed by atoms with van der Waals surface area (Å²) in [6, 6.07) is 8.81. The fourth-order valence-electron chi connectivity index (χ4n) is 4.78. The molecule has 8 heteroatoms. The molecule has 0 radical (unpaired) electrons.